The number of hydrogen-bond donors (Lipinski definition) is 1. The number of thioether (sulfide) groups is 1. The molecule has 2 nitrogen and oxygen atoms in total. The van der Waals surface area contributed by atoms with Gasteiger partial charge >= 0.3 is 0 Å². The Morgan fingerprint density at radius 1 is 1.33 bits per heavy atom. The molecule has 0 spiro atoms. The van der Waals surface area contributed by atoms with Gasteiger partial charge in [-0.15, -0.1) is 0 Å². The number of hydrogen-bond acceptors (Lipinski definition) is 3. The van der Waals surface area contributed by atoms with E-state index in [1.165, 1.54) is 38.1 Å². The van der Waals surface area contributed by atoms with E-state index < -0.39 is 0 Å². The lowest BCUT2D eigenvalue weighted by molar-refractivity contribution is 0.0712. The van der Waals surface area contributed by atoms with Crippen LogP contribution in [-0.4, -0.2) is 41.1 Å². The smallest absolute Gasteiger partial charge is 0.0136 e. The van der Waals surface area contributed by atoms with Gasteiger partial charge in [0.25, 0.3) is 0 Å². The predicted molar refractivity (Wildman–Crippen MR) is 68.3 cm³/mol. The van der Waals surface area contributed by atoms with Gasteiger partial charge in [0.1, 0.15) is 0 Å². The molecule has 1 aliphatic carbocycles. The minimum Gasteiger partial charge on any atom is -0.330 e. The van der Waals surface area contributed by atoms with Gasteiger partial charge in [-0.05, 0) is 38.3 Å². The van der Waals surface area contributed by atoms with Crippen molar-refractivity contribution in [1.82, 2.24) is 4.90 Å². The molecule has 2 unspecified atom stereocenters. The molecular weight excluding hydrogens is 204 g/mol. The van der Waals surface area contributed by atoms with E-state index in [2.05, 4.69) is 30.5 Å². The first-order valence-electron chi connectivity index (χ1n) is 6.20. The zero-order valence-corrected chi connectivity index (χ0v) is 10.9. The molecule has 0 bridgehead atoms. The summed E-state index contributed by atoms with van der Waals surface area (Å²) in [5, 5.41) is 0. The highest BCUT2D eigenvalue weighted by Gasteiger charge is 2.36. The van der Waals surface area contributed by atoms with Crippen molar-refractivity contribution in [2.45, 2.75) is 43.9 Å². The number of nitrogens with zero attached hydrogens (tertiary/aromatic N) is 1. The maximum atomic E-state index is 5.79. The van der Waals surface area contributed by atoms with E-state index in [4.69, 9.17) is 5.73 Å². The minimum atomic E-state index is 0.483. The van der Waals surface area contributed by atoms with Crippen LogP contribution in [-0.2, 0) is 0 Å². The van der Waals surface area contributed by atoms with E-state index in [9.17, 15) is 0 Å². The molecule has 0 aromatic carbocycles. The summed E-state index contributed by atoms with van der Waals surface area (Å²) < 4.78 is 0.483. The molecule has 0 amide bonds. The van der Waals surface area contributed by atoms with E-state index in [0.717, 1.165) is 18.5 Å². The Labute approximate surface area is 98.0 Å². The first kappa shape index (κ1) is 11.7. The highest BCUT2D eigenvalue weighted by Crippen LogP contribution is 2.36. The van der Waals surface area contributed by atoms with Crippen molar-refractivity contribution in [3.8, 4) is 0 Å². The normalized spacial score (nSPS) is 37.0. The van der Waals surface area contributed by atoms with E-state index in [0.29, 0.717) is 4.75 Å². The Morgan fingerprint density at radius 3 is 2.73 bits per heavy atom. The Kier molecular flexibility index (Phi) is 3.63. The summed E-state index contributed by atoms with van der Waals surface area (Å²) in [6.07, 6.45) is 4.06. The van der Waals surface area contributed by atoms with E-state index >= 15 is 0 Å². The second kappa shape index (κ2) is 4.64. The van der Waals surface area contributed by atoms with Gasteiger partial charge in [0.15, 0.2) is 0 Å². The Morgan fingerprint density at radius 2 is 2.13 bits per heavy atom. The Bertz CT molecular complexity index is 216. The van der Waals surface area contributed by atoms with Crippen LogP contribution in [0.25, 0.3) is 0 Å². The summed E-state index contributed by atoms with van der Waals surface area (Å²) in [7, 11) is 0. The van der Waals surface area contributed by atoms with Crippen molar-refractivity contribution in [2.24, 2.45) is 11.7 Å². The van der Waals surface area contributed by atoms with Crippen LogP contribution in [0.5, 0.6) is 0 Å². The molecule has 1 saturated carbocycles. The summed E-state index contributed by atoms with van der Waals surface area (Å²) in [6, 6.07) is 0.810. The average molecular weight is 228 g/mol. The molecule has 3 heteroatoms. The predicted octanol–water partition coefficient (Wildman–Crippen LogP) is 1.94. The molecule has 1 heterocycles. The molecule has 2 aliphatic rings. The lowest BCUT2D eigenvalue weighted by Gasteiger charge is -2.43. The lowest BCUT2D eigenvalue weighted by Crippen LogP contribution is -2.50. The Balaban J connectivity index is 1.88. The van der Waals surface area contributed by atoms with Gasteiger partial charge in [-0.2, -0.15) is 11.8 Å². The third-order valence-electron chi connectivity index (χ3n) is 4.02. The monoisotopic (exact) mass is 228 g/mol. The molecule has 88 valence electrons. The van der Waals surface area contributed by atoms with Crippen molar-refractivity contribution in [1.29, 1.82) is 0 Å². The first-order chi connectivity index (χ1) is 7.12. The average Bonchev–Trinajstić information content (AvgIpc) is 2.27. The van der Waals surface area contributed by atoms with Crippen molar-refractivity contribution in [2.75, 3.05) is 25.4 Å². The van der Waals surface area contributed by atoms with Gasteiger partial charge < -0.3 is 5.73 Å². The SMILES string of the molecule is CC1(C)CCN(C2CCC2CN)CCS1. The zero-order chi connectivity index (χ0) is 10.9. The van der Waals surface area contributed by atoms with Gasteiger partial charge in [-0.3, -0.25) is 4.90 Å². The molecule has 2 atom stereocenters. The summed E-state index contributed by atoms with van der Waals surface area (Å²) in [5.41, 5.74) is 5.79. The molecule has 0 aromatic heterocycles. The molecule has 15 heavy (non-hydrogen) atoms. The summed E-state index contributed by atoms with van der Waals surface area (Å²) >= 11 is 2.13. The molecule has 2 fully saturated rings. The van der Waals surface area contributed by atoms with Crippen molar-refractivity contribution < 1.29 is 0 Å². The summed E-state index contributed by atoms with van der Waals surface area (Å²) in [5.74, 6) is 2.08. The highest BCUT2D eigenvalue weighted by molar-refractivity contribution is 8.00. The fraction of sp³-hybridized carbons (Fsp3) is 1.00. The van der Waals surface area contributed by atoms with Gasteiger partial charge in [-0.1, -0.05) is 13.8 Å². The van der Waals surface area contributed by atoms with E-state index in [-0.39, 0.29) is 0 Å². The van der Waals surface area contributed by atoms with Crippen LogP contribution in [0.4, 0.5) is 0 Å². The third-order valence-corrected chi connectivity index (χ3v) is 5.39. The standard InChI is InChI=1S/C12H24N2S/c1-12(2)5-6-14(7-8-15-12)11-4-3-10(11)9-13/h10-11H,3-9,13H2,1-2H3. The van der Waals surface area contributed by atoms with Gasteiger partial charge in [0, 0.05) is 23.1 Å². The van der Waals surface area contributed by atoms with E-state index in [1.807, 2.05) is 0 Å². The minimum absolute atomic E-state index is 0.483. The van der Waals surface area contributed by atoms with Crippen LogP contribution in [0.2, 0.25) is 0 Å². The van der Waals surface area contributed by atoms with Gasteiger partial charge in [0.05, 0.1) is 0 Å². The van der Waals surface area contributed by atoms with Crippen LogP contribution < -0.4 is 5.73 Å². The molecule has 0 radical (unpaired) electrons. The molecular formula is C12H24N2S. The van der Waals surface area contributed by atoms with Crippen molar-refractivity contribution in [3.05, 3.63) is 0 Å². The molecule has 2 rings (SSSR count). The molecule has 2 N–H and O–H groups in total. The quantitative estimate of drug-likeness (QED) is 0.783. The van der Waals surface area contributed by atoms with E-state index in [1.54, 1.807) is 0 Å². The van der Waals surface area contributed by atoms with Crippen LogP contribution in [0.3, 0.4) is 0 Å². The van der Waals surface area contributed by atoms with Crippen LogP contribution in [0.15, 0.2) is 0 Å². The highest BCUT2D eigenvalue weighted by atomic mass is 32.2. The number of rotatable bonds is 2. The van der Waals surface area contributed by atoms with Crippen LogP contribution >= 0.6 is 11.8 Å². The van der Waals surface area contributed by atoms with Gasteiger partial charge in [-0.25, -0.2) is 0 Å². The largest absolute Gasteiger partial charge is 0.330 e. The molecule has 0 aromatic rings. The van der Waals surface area contributed by atoms with Crippen molar-refractivity contribution >= 4 is 11.8 Å². The van der Waals surface area contributed by atoms with Crippen LogP contribution in [0.1, 0.15) is 33.1 Å². The molecule has 1 saturated heterocycles. The maximum Gasteiger partial charge on any atom is 0.0136 e. The second-order valence-corrected chi connectivity index (χ2v) is 7.34. The summed E-state index contributed by atoms with van der Waals surface area (Å²) in [4.78, 5) is 2.70. The fourth-order valence-corrected chi connectivity index (χ4v) is 3.79. The lowest BCUT2D eigenvalue weighted by atomic mass is 9.78. The first-order valence-corrected chi connectivity index (χ1v) is 7.19. The van der Waals surface area contributed by atoms with Gasteiger partial charge in [0.2, 0.25) is 0 Å². The maximum absolute atomic E-state index is 5.79. The summed E-state index contributed by atoms with van der Waals surface area (Å²) in [6.45, 7) is 8.19. The Hall–Kier alpha value is 0.270. The van der Waals surface area contributed by atoms with Crippen molar-refractivity contribution in [3.63, 3.8) is 0 Å². The fourth-order valence-electron chi connectivity index (χ4n) is 2.67. The molecule has 1 aliphatic heterocycles. The van der Waals surface area contributed by atoms with Crippen LogP contribution in [0, 0.1) is 5.92 Å². The second-order valence-electron chi connectivity index (χ2n) is 5.53. The third kappa shape index (κ3) is 2.69. The number of nitrogens with two attached hydrogens (primary N) is 1. The topological polar surface area (TPSA) is 29.3 Å². The zero-order valence-electron chi connectivity index (χ0n) is 10.0.